The Kier molecular flexibility index (Phi) is 4.51. The van der Waals surface area contributed by atoms with E-state index in [1.165, 1.54) is 22.3 Å². The van der Waals surface area contributed by atoms with E-state index in [2.05, 4.69) is 60.8 Å². The van der Waals surface area contributed by atoms with Crippen LogP contribution in [0, 0.1) is 6.92 Å². The van der Waals surface area contributed by atoms with Gasteiger partial charge in [-0.2, -0.15) is 0 Å². The van der Waals surface area contributed by atoms with Gasteiger partial charge in [-0.25, -0.2) is 0 Å². The average molecular weight is 240 g/mol. The normalized spacial score (nSPS) is 10.6. The third kappa shape index (κ3) is 3.19. The molecule has 0 radical (unpaired) electrons. The zero-order valence-electron chi connectivity index (χ0n) is 10.8. The molecule has 3 N–H and O–H groups in total. The van der Waals surface area contributed by atoms with Gasteiger partial charge in [0.1, 0.15) is 0 Å². The second-order valence-electron chi connectivity index (χ2n) is 4.48. The number of aryl methyl sites for hydroxylation is 1. The summed E-state index contributed by atoms with van der Waals surface area (Å²) in [5.74, 6) is 0. The molecule has 94 valence electrons. The van der Waals surface area contributed by atoms with Crippen LogP contribution >= 0.6 is 0 Å². The molecular formula is C16H20N2. The first-order chi connectivity index (χ1) is 8.81. The number of hydrogen-bond acceptors (Lipinski definition) is 2. The lowest BCUT2D eigenvalue weighted by Crippen LogP contribution is -2.21. The van der Waals surface area contributed by atoms with Crippen LogP contribution in [-0.2, 0) is 6.54 Å². The van der Waals surface area contributed by atoms with Crippen molar-refractivity contribution in [1.82, 2.24) is 5.32 Å². The summed E-state index contributed by atoms with van der Waals surface area (Å²) in [5.41, 5.74) is 10.6. The largest absolute Gasteiger partial charge is 0.329 e. The minimum Gasteiger partial charge on any atom is -0.329 e. The highest BCUT2D eigenvalue weighted by molar-refractivity contribution is 5.67. The first-order valence-electron chi connectivity index (χ1n) is 6.37. The fourth-order valence-electron chi connectivity index (χ4n) is 2.03. The maximum atomic E-state index is 5.45. The van der Waals surface area contributed by atoms with E-state index < -0.39 is 0 Å². The van der Waals surface area contributed by atoms with Gasteiger partial charge in [-0.1, -0.05) is 48.5 Å². The van der Waals surface area contributed by atoms with Crippen molar-refractivity contribution < 1.29 is 0 Å². The van der Waals surface area contributed by atoms with Crippen LogP contribution in [0.25, 0.3) is 11.1 Å². The van der Waals surface area contributed by atoms with E-state index in [0.717, 1.165) is 13.1 Å². The van der Waals surface area contributed by atoms with E-state index in [1.807, 2.05) is 0 Å². The first kappa shape index (κ1) is 12.8. The third-order valence-electron chi connectivity index (χ3n) is 3.06. The smallest absolute Gasteiger partial charge is 0.0206 e. The molecule has 0 unspecified atom stereocenters. The molecule has 0 aromatic heterocycles. The molecule has 0 fully saturated rings. The molecule has 2 nitrogen and oxygen atoms in total. The van der Waals surface area contributed by atoms with Crippen LogP contribution in [0.2, 0.25) is 0 Å². The van der Waals surface area contributed by atoms with Crippen molar-refractivity contribution in [2.75, 3.05) is 13.1 Å². The van der Waals surface area contributed by atoms with Crippen molar-refractivity contribution in [2.45, 2.75) is 13.5 Å². The molecule has 0 aliphatic carbocycles. The van der Waals surface area contributed by atoms with Gasteiger partial charge in [0.2, 0.25) is 0 Å². The maximum absolute atomic E-state index is 5.45. The predicted octanol–water partition coefficient (Wildman–Crippen LogP) is 2.71. The monoisotopic (exact) mass is 240 g/mol. The summed E-state index contributed by atoms with van der Waals surface area (Å²) in [4.78, 5) is 0. The molecule has 0 aliphatic heterocycles. The highest BCUT2D eigenvalue weighted by atomic mass is 14.9. The van der Waals surface area contributed by atoms with Crippen LogP contribution in [-0.4, -0.2) is 13.1 Å². The fraction of sp³-hybridized carbons (Fsp3) is 0.250. The number of benzene rings is 2. The SMILES string of the molecule is Cc1ccccc1-c1ccc(CNCCN)cc1. The average Bonchev–Trinajstić information content (AvgIpc) is 2.41. The van der Waals surface area contributed by atoms with Crippen molar-refractivity contribution in [3.8, 4) is 11.1 Å². The van der Waals surface area contributed by atoms with Crippen LogP contribution < -0.4 is 11.1 Å². The summed E-state index contributed by atoms with van der Waals surface area (Å²) in [6.07, 6.45) is 0. The maximum Gasteiger partial charge on any atom is 0.0206 e. The highest BCUT2D eigenvalue weighted by Crippen LogP contribution is 2.23. The van der Waals surface area contributed by atoms with Gasteiger partial charge in [-0.15, -0.1) is 0 Å². The minimum atomic E-state index is 0.682. The Morgan fingerprint density at radius 2 is 1.72 bits per heavy atom. The molecule has 0 spiro atoms. The van der Waals surface area contributed by atoms with Gasteiger partial charge in [0.15, 0.2) is 0 Å². The van der Waals surface area contributed by atoms with Gasteiger partial charge in [0.05, 0.1) is 0 Å². The molecule has 0 heterocycles. The Hall–Kier alpha value is -1.64. The van der Waals surface area contributed by atoms with Crippen LogP contribution in [0.15, 0.2) is 48.5 Å². The lowest BCUT2D eigenvalue weighted by molar-refractivity contribution is 0.695. The third-order valence-corrected chi connectivity index (χ3v) is 3.06. The first-order valence-corrected chi connectivity index (χ1v) is 6.37. The Balaban J connectivity index is 2.10. The molecule has 0 bridgehead atoms. The Morgan fingerprint density at radius 1 is 1.00 bits per heavy atom. The number of hydrogen-bond donors (Lipinski definition) is 2. The van der Waals surface area contributed by atoms with Gasteiger partial charge in [-0.3, -0.25) is 0 Å². The minimum absolute atomic E-state index is 0.682. The van der Waals surface area contributed by atoms with E-state index in [9.17, 15) is 0 Å². The van der Waals surface area contributed by atoms with E-state index in [1.54, 1.807) is 0 Å². The molecule has 2 aromatic rings. The van der Waals surface area contributed by atoms with Gasteiger partial charge in [0, 0.05) is 19.6 Å². The summed E-state index contributed by atoms with van der Waals surface area (Å²) in [6, 6.07) is 17.2. The topological polar surface area (TPSA) is 38.0 Å². The molecule has 0 amide bonds. The summed E-state index contributed by atoms with van der Waals surface area (Å²) >= 11 is 0. The van der Waals surface area contributed by atoms with Crippen molar-refractivity contribution in [1.29, 1.82) is 0 Å². The zero-order chi connectivity index (χ0) is 12.8. The molecule has 0 atom stereocenters. The number of nitrogens with two attached hydrogens (primary N) is 1. The molecular weight excluding hydrogens is 220 g/mol. The summed E-state index contributed by atoms with van der Waals surface area (Å²) in [6.45, 7) is 4.57. The van der Waals surface area contributed by atoms with Crippen molar-refractivity contribution in [2.24, 2.45) is 5.73 Å². The van der Waals surface area contributed by atoms with Gasteiger partial charge < -0.3 is 11.1 Å². The van der Waals surface area contributed by atoms with Crippen LogP contribution in [0.5, 0.6) is 0 Å². The Morgan fingerprint density at radius 3 is 2.39 bits per heavy atom. The lowest BCUT2D eigenvalue weighted by Gasteiger charge is -2.07. The molecule has 2 rings (SSSR count). The second kappa shape index (κ2) is 6.34. The fourth-order valence-corrected chi connectivity index (χ4v) is 2.03. The van der Waals surface area contributed by atoms with Crippen molar-refractivity contribution in [3.05, 3.63) is 59.7 Å². The molecule has 0 saturated carbocycles. The molecule has 18 heavy (non-hydrogen) atoms. The summed E-state index contributed by atoms with van der Waals surface area (Å²) in [5, 5.41) is 3.30. The molecule has 0 saturated heterocycles. The van der Waals surface area contributed by atoms with Gasteiger partial charge in [0.25, 0.3) is 0 Å². The van der Waals surface area contributed by atoms with Crippen LogP contribution in [0.4, 0.5) is 0 Å². The van der Waals surface area contributed by atoms with Crippen LogP contribution in [0.1, 0.15) is 11.1 Å². The van der Waals surface area contributed by atoms with E-state index in [4.69, 9.17) is 5.73 Å². The van der Waals surface area contributed by atoms with E-state index >= 15 is 0 Å². The standard InChI is InChI=1S/C16H20N2/c1-13-4-2-3-5-16(13)15-8-6-14(7-9-15)12-18-11-10-17/h2-9,18H,10-12,17H2,1H3. The van der Waals surface area contributed by atoms with Crippen molar-refractivity contribution in [3.63, 3.8) is 0 Å². The second-order valence-corrected chi connectivity index (χ2v) is 4.48. The Labute approximate surface area is 109 Å². The van der Waals surface area contributed by atoms with Gasteiger partial charge in [-0.05, 0) is 29.2 Å². The van der Waals surface area contributed by atoms with E-state index in [0.29, 0.717) is 6.54 Å². The zero-order valence-corrected chi connectivity index (χ0v) is 10.8. The lowest BCUT2D eigenvalue weighted by atomic mass is 10.00. The summed E-state index contributed by atoms with van der Waals surface area (Å²) < 4.78 is 0. The highest BCUT2D eigenvalue weighted by Gasteiger charge is 2.00. The summed E-state index contributed by atoms with van der Waals surface area (Å²) in [7, 11) is 0. The quantitative estimate of drug-likeness (QED) is 0.789. The van der Waals surface area contributed by atoms with E-state index in [-0.39, 0.29) is 0 Å². The van der Waals surface area contributed by atoms with Crippen molar-refractivity contribution >= 4 is 0 Å². The Bertz CT molecular complexity index is 489. The number of rotatable bonds is 5. The molecule has 0 aliphatic rings. The predicted molar refractivity (Wildman–Crippen MR) is 77.4 cm³/mol. The molecule has 2 heteroatoms. The molecule has 2 aromatic carbocycles. The van der Waals surface area contributed by atoms with Gasteiger partial charge >= 0.3 is 0 Å². The number of nitrogens with one attached hydrogen (secondary N) is 1. The van der Waals surface area contributed by atoms with Crippen LogP contribution in [0.3, 0.4) is 0 Å².